The quantitative estimate of drug-likeness (QED) is 0.271. The molecule has 0 aromatic carbocycles. The minimum Gasteiger partial charge on any atom is -0.301 e. The van der Waals surface area contributed by atoms with E-state index in [1.54, 1.807) is 14.1 Å². The molecule has 0 radical (unpaired) electrons. The second-order valence-electron chi connectivity index (χ2n) is 1.96. The summed E-state index contributed by atoms with van der Waals surface area (Å²) in [7, 11) is 3.45. The van der Waals surface area contributed by atoms with Gasteiger partial charge >= 0.3 is 0 Å². The lowest BCUT2D eigenvalue weighted by atomic mass is 10.6. The van der Waals surface area contributed by atoms with Crippen LogP contribution in [-0.4, -0.2) is 42.5 Å². The van der Waals surface area contributed by atoms with Crippen LogP contribution >= 0.6 is 0 Å². The number of hydrogen-bond donors (Lipinski definition) is 4. The van der Waals surface area contributed by atoms with E-state index in [0.717, 1.165) is 0 Å². The summed E-state index contributed by atoms with van der Waals surface area (Å²) in [5, 5.41) is 11.3. The third kappa shape index (κ3) is 4.62. The van der Waals surface area contributed by atoms with E-state index in [1.165, 1.54) is 10.1 Å². The Labute approximate surface area is 60.5 Å². The van der Waals surface area contributed by atoms with Gasteiger partial charge in [0, 0.05) is 27.2 Å². The van der Waals surface area contributed by atoms with E-state index in [9.17, 15) is 0 Å². The first-order valence-electron chi connectivity index (χ1n) is 3.01. The summed E-state index contributed by atoms with van der Waals surface area (Å²) in [5.74, 6) is 5.32. The molecule has 0 saturated heterocycles. The minimum atomic E-state index is 0.597. The van der Waals surface area contributed by atoms with Crippen molar-refractivity contribution >= 4 is 0 Å². The Bertz CT molecular complexity index is 74.0. The van der Waals surface area contributed by atoms with Crippen LogP contribution in [0.5, 0.6) is 0 Å². The Kier molecular flexibility index (Phi) is 5.40. The Morgan fingerprint density at radius 3 is 2.40 bits per heavy atom. The SMILES string of the molecule is CNN(CCN(C)N)NO. The maximum atomic E-state index is 8.39. The molecule has 6 heteroatoms. The van der Waals surface area contributed by atoms with Gasteiger partial charge in [0.05, 0.1) is 0 Å². The molecule has 0 aromatic rings. The number of hydrazine groups is 3. The predicted octanol–water partition coefficient (Wildman–Crippen LogP) is -1.88. The monoisotopic (exact) mass is 149 g/mol. The summed E-state index contributed by atoms with van der Waals surface area (Å²) in [4.78, 5) is 0. The molecule has 0 fully saturated rings. The Morgan fingerprint density at radius 1 is 1.50 bits per heavy atom. The second-order valence-corrected chi connectivity index (χ2v) is 1.96. The average molecular weight is 149 g/mol. The minimum absolute atomic E-state index is 0.597. The van der Waals surface area contributed by atoms with Gasteiger partial charge in [-0.15, -0.1) is 5.59 Å². The van der Waals surface area contributed by atoms with Gasteiger partial charge in [0.15, 0.2) is 0 Å². The van der Waals surface area contributed by atoms with Crippen molar-refractivity contribution in [2.45, 2.75) is 0 Å². The normalized spacial score (nSPS) is 11.4. The zero-order chi connectivity index (χ0) is 7.98. The first-order chi connectivity index (χ1) is 4.70. The van der Waals surface area contributed by atoms with Crippen molar-refractivity contribution in [1.82, 2.24) is 21.1 Å². The largest absolute Gasteiger partial charge is 0.301 e. The van der Waals surface area contributed by atoms with Crippen molar-refractivity contribution in [1.29, 1.82) is 0 Å². The lowest BCUT2D eigenvalue weighted by Crippen LogP contribution is -2.48. The van der Waals surface area contributed by atoms with Gasteiger partial charge in [-0.1, -0.05) is 0 Å². The van der Waals surface area contributed by atoms with Gasteiger partial charge in [-0.3, -0.25) is 5.84 Å². The Hall–Kier alpha value is -0.240. The molecular formula is C4H15N5O. The fourth-order valence-corrected chi connectivity index (χ4v) is 0.470. The first kappa shape index (κ1) is 9.76. The molecule has 0 unspecified atom stereocenters. The van der Waals surface area contributed by atoms with Crippen LogP contribution in [0.4, 0.5) is 0 Å². The van der Waals surface area contributed by atoms with Gasteiger partial charge in [-0.2, -0.15) is 5.12 Å². The Balaban J connectivity index is 3.26. The van der Waals surface area contributed by atoms with Crippen LogP contribution < -0.4 is 16.9 Å². The summed E-state index contributed by atoms with van der Waals surface area (Å²) in [5.41, 5.74) is 4.64. The van der Waals surface area contributed by atoms with E-state index >= 15 is 0 Å². The summed E-state index contributed by atoms with van der Waals surface area (Å²) in [6.07, 6.45) is 0. The van der Waals surface area contributed by atoms with Crippen LogP contribution in [0.2, 0.25) is 0 Å². The predicted molar refractivity (Wildman–Crippen MR) is 37.5 cm³/mol. The molecule has 5 N–H and O–H groups in total. The van der Waals surface area contributed by atoms with E-state index in [4.69, 9.17) is 11.0 Å². The highest BCUT2D eigenvalue weighted by Crippen LogP contribution is 1.73. The molecule has 0 aliphatic carbocycles. The van der Waals surface area contributed by atoms with Gasteiger partial charge in [-0.05, 0) is 0 Å². The van der Waals surface area contributed by atoms with Gasteiger partial charge in [0.25, 0.3) is 0 Å². The molecule has 0 amide bonds. The highest BCUT2D eigenvalue weighted by molar-refractivity contribution is 4.43. The molecule has 0 rings (SSSR count). The molecule has 0 aliphatic rings. The van der Waals surface area contributed by atoms with E-state index in [-0.39, 0.29) is 0 Å². The van der Waals surface area contributed by atoms with Gasteiger partial charge in [0.1, 0.15) is 0 Å². The third-order valence-electron chi connectivity index (χ3n) is 1.07. The van der Waals surface area contributed by atoms with E-state index < -0.39 is 0 Å². The summed E-state index contributed by atoms with van der Waals surface area (Å²) >= 11 is 0. The number of nitrogens with zero attached hydrogens (tertiary/aromatic N) is 2. The number of nitrogens with two attached hydrogens (primary N) is 1. The Morgan fingerprint density at radius 2 is 2.10 bits per heavy atom. The first-order valence-corrected chi connectivity index (χ1v) is 3.01. The van der Waals surface area contributed by atoms with Crippen LogP contribution in [0.25, 0.3) is 0 Å². The van der Waals surface area contributed by atoms with Crippen LogP contribution in [0.3, 0.4) is 0 Å². The zero-order valence-corrected chi connectivity index (χ0v) is 6.33. The maximum absolute atomic E-state index is 8.39. The fraction of sp³-hybridized carbons (Fsp3) is 1.00. The number of hydrogen-bond acceptors (Lipinski definition) is 6. The molecule has 0 spiro atoms. The lowest BCUT2D eigenvalue weighted by Gasteiger charge is -2.19. The van der Waals surface area contributed by atoms with E-state index in [1.807, 2.05) is 5.59 Å². The van der Waals surface area contributed by atoms with E-state index in [2.05, 4.69) is 5.43 Å². The second kappa shape index (κ2) is 5.54. The van der Waals surface area contributed by atoms with Gasteiger partial charge < -0.3 is 5.21 Å². The van der Waals surface area contributed by atoms with Crippen molar-refractivity contribution in [3.8, 4) is 0 Å². The topological polar surface area (TPSA) is 76.8 Å². The van der Waals surface area contributed by atoms with Gasteiger partial charge in [0.2, 0.25) is 0 Å². The number of rotatable bonds is 5. The summed E-state index contributed by atoms with van der Waals surface area (Å²) < 4.78 is 0. The molecular weight excluding hydrogens is 134 g/mol. The fourth-order valence-electron chi connectivity index (χ4n) is 0.470. The molecule has 62 valence electrons. The van der Waals surface area contributed by atoms with Crippen molar-refractivity contribution in [2.75, 3.05) is 27.2 Å². The third-order valence-corrected chi connectivity index (χ3v) is 1.07. The van der Waals surface area contributed by atoms with E-state index in [0.29, 0.717) is 13.1 Å². The standard InChI is InChI=1S/C4H15N5O/c1-6-9(7-10)4-3-8(2)5/h6-7,10H,3-5H2,1-2H3. The van der Waals surface area contributed by atoms with Crippen LogP contribution in [0.15, 0.2) is 0 Å². The van der Waals surface area contributed by atoms with Crippen LogP contribution in [0.1, 0.15) is 0 Å². The lowest BCUT2D eigenvalue weighted by molar-refractivity contribution is -0.0529. The number of nitrogens with one attached hydrogen (secondary N) is 2. The smallest absolute Gasteiger partial charge is 0.0451 e. The molecule has 0 atom stereocenters. The molecule has 0 heterocycles. The van der Waals surface area contributed by atoms with Crippen LogP contribution in [0, 0.1) is 0 Å². The molecule has 0 bridgehead atoms. The molecule has 0 aliphatic heterocycles. The average Bonchev–Trinajstić information content (AvgIpc) is 1.90. The highest BCUT2D eigenvalue weighted by atomic mass is 16.5. The van der Waals surface area contributed by atoms with Crippen molar-refractivity contribution in [2.24, 2.45) is 5.84 Å². The van der Waals surface area contributed by atoms with Crippen molar-refractivity contribution in [3.63, 3.8) is 0 Å². The van der Waals surface area contributed by atoms with Crippen molar-refractivity contribution < 1.29 is 5.21 Å². The summed E-state index contributed by atoms with van der Waals surface area (Å²) in [6.45, 7) is 1.26. The summed E-state index contributed by atoms with van der Waals surface area (Å²) in [6, 6.07) is 0. The van der Waals surface area contributed by atoms with Gasteiger partial charge in [-0.25, -0.2) is 10.4 Å². The number of likely N-dealkylation sites (N-methyl/N-ethyl adjacent to an activating group) is 1. The highest BCUT2D eigenvalue weighted by Gasteiger charge is 1.98. The molecule has 6 nitrogen and oxygen atoms in total. The maximum Gasteiger partial charge on any atom is 0.0451 e. The zero-order valence-electron chi connectivity index (χ0n) is 6.33. The molecule has 0 saturated carbocycles. The van der Waals surface area contributed by atoms with Crippen molar-refractivity contribution in [3.05, 3.63) is 0 Å². The van der Waals surface area contributed by atoms with Crippen LogP contribution in [-0.2, 0) is 0 Å². The molecule has 10 heavy (non-hydrogen) atoms. The molecule has 0 aromatic heterocycles.